The smallest absolute Gasteiger partial charge is 0.340 e. The molecule has 1 rings (SSSR count). The molecule has 0 heterocycles. The lowest BCUT2D eigenvalue weighted by Crippen LogP contribution is -2.24. The number of hydrogen-bond acceptors (Lipinski definition) is 5. The van der Waals surface area contributed by atoms with E-state index in [4.69, 9.17) is 16.6 Å². The zero-order chi connectivity index (χ0) is 12.3. The van der Waals surface area contributed by atoms with E-state index in [1.807, 2.05) is 0 Å². The third-order valence-corrected chi connectivity index (χ3v) is 2.12. The maximum Gasteiger partial charge on any atom is 0.340 e. The molecular weight excluding hydrogens is 212 g/mol. The van der Waals surface area contributed by atoms with Gasteiger partial charge in [0.05, 0.1) is 12.7 Å². The Balaban J connectivity index is 3.33. The lowest BCUT2D eigenvalue weighted by Gasteiger charge is -2.13. The van der Waals surface area contributed by atoms with E-state index in [-0.39, 0.29) is 16.8 Å². The first-order valence-electron chi connectivity index (χ1n) is 4.44. The minimum atomic E-state index is -1.31. The molecule has 6 heteroatoms. The van der Waals surface area contributed by atoms with Gasteiger partial charge < -0.3 is 21.3 Å². The lowest BCUT2D eigenvalue weighted by atomic mass is 9.99. The largest absolute Gasteiger partial charge is 0.480 e. The molecule has 86 valence electrons. The summed E-state index contributed by atoms with van der Waals surface area (Å²) in [4.78, 5) is 22.2. The van der Waals surface area contributed by atoms with Gasteiger partial charge in [0.2, 0.25) is 0 Å². The standard InChI is InChI=1S/C10H12N2O4/c1-16-10(15)7-5(8(12)9(13)14)3-2-4-6(7)11/h2-4,8H,11-12H2,1H3,(H,13,14). The average Bonchev–Trinajstić information content (AvgIpc) is 2.26. The number of aliphatic carboxylic acids is 1. The van der Waals surface area contributed by atoms with Crippen LogP contribution in [0, 0.1) is 0 Å². The summed E-state index contributed by atoms with van der Waals surface area (Å²) >= 11 is 0. The number of benzene rings is 1. The van der Waals surface area contributed by atoms with Gasteiger partial charge in [0, 0.05) is 5.69 Å². The zero-order valence-corrected chi connectivity index (χ0v) is 8.64. The molecule has 0 saturated heterocycles. The van der Waals surface area contributed by atoms with E-state index in [2.05, 4.69) is 4.74 Å². The summed E-state index contributed by atoms with van der Waals surface area (Å²) in [6.07, 6.45) is 0. The second kappa shape index (κ2) is 4.63. The van der Waals surface area contributed by atoms with Crippen molar-refractivity contribution < 1.29 is 19.4 Å². The number of carboxylic acids is 1. The molecule has 1 aromatic rings. The number of anilines is 1. The number of nitrogens with two attached hydrogens (primary N) is 2. The van der Waals surface area contributed by atoms with E-state index in [0.717, 1.165) is 0 Å². The zero-order valence-electron chi connectivity index (χ0n) is 8.64. The van der Waals surface area contributed by atoms with Gasteiger partial charge in [0.25, 0.3) is 0 Å². The molecule has 1 aromatic carbocycles. The van der Waals surface area contributed by atoms with Crippen LogP contribution in [0.15, 0.2) is 18.2 Å². The predicted octanol–water partition coefficient (Wildman–Crippen LogP) is 0.140. The highest BCUT2D eigenvalue weighted by Crippen LogP contribution is 2.23. The summed E-state index contributed by atoms with van der Waals surface area (Å²) in [5, 5.41) is 8.79. The van der Waals surface area contributed by atoms with Crippen LogP contribution in [-0.2, 0) is 9.53 Å². The van der Waals surface area contributed by atoms with Gasteiger partial charge in [-0.15, -0.1) is 0 Å². The number of carboxylic acid groups (broad SMARTS) is 1. The van der Waals surface area contributed by atoms with Crippen LogP contribution in [0.5, 0.6) is 0 Å². The van der Waals surface area contributed by atoms with Gasteiger partial charge in [-0.1, -0.05) is 12.1 Å². The Morgan fingerprint density at radius 1 is 1.44 bits per heavy atom. The van der Waals surface area contributed by atoms with Gasteiger partial charge in [0.1, 0.15) is 6.04 Å². The summed E-state index contributed by atoms with van der Waals surface area (Å²) in [7, 11) is 1.19. The molecule has 1 unspecified atom stereocenters. The number of ether oxygens (including phenoxy) is 1. The molecule has 6 nitrogen and oxygen atoms in total. The van der Waals surface area contributed by atoms with Crippen LogP contribution in [0.1, 0.15) is 22.0 Å². The molecule has 1 atom stereocenters. The van der Waals surface area contributed by atoms with Crippen molar-refractivity contribution in [2.75, 3.05) is 12.8 Å². The highest BCUT2D eigenvalue weighted by Gasteiger charge is 2.23. The normalized spacial score (nSPS) is 11.9. The van der Waals surface area contributed by atoms with Gasteiger partial charge in [-0.05, 0) is 11.6 Å². The summed E-state index contributed by atoms with van der Waals surface area (Å²) in [6.45, 7) is 0. The SMILES string of the molecule is COC(=O)c1c(N)cccc1C(N)C(=O)O. The molecule has 16 heavy (non-hydrogen) atoms. The highest BCUT2D eigenvalue weighted by molar-refractivity contribution is 5.98. The first-order chi connectivity index (χ1) is 7.49. The fourth-order valence-electron chi connectivity index (χ4n) is 1.32. The number of nitrogen functional groups attached to an aromatic ring is 1. The number of methoxy groups -OCH3 is 1. The second-order valence-electron chi connectivity index (χ2n) is 3.12. The molecule has 0 spiro atoms. The van der Waals surface area contributed by atoms with Gasteiger partial charge in [0.15, 0.2) is 0 Å². The van der Waals surface area contributed by atoms with Crippen molar-refractivity contribution in [3.05, 3.63) is 29.3 Å². The summed E-state index contributed by atoms with van der Waals surface area (Å²) in [6, 6.07) is 3.13. The van der Waals surface area contributed by atoms with Gasteiger partial charge in [-0.25, -0.2) is 4.79 Å². The molecule has 0 saturated carbocycles. The van der Waals surface area contributed by atoms with Crippen molar-refractivity contribution in [3.8, 4) is 0 Å². The van der Waals surface area contributed by atoms with Crippen molar-refractivity contribution in [2.24, 2.45) is 5.73 Å². The molecule has 0 aromatic heterocycles. The van der Waals surface area contributed by atoms with Gasteiger partial charge >= 0.3 is 11.9 Å². The van der Waals surface area contributed by atoms with E-state index >= 15 is 0 Å². The Bertz CT molecular complexity index is 431. The van der Waals surface area contributed by atoms with Crippen LogP contribution in [-0.4, -0.2) is 24.2 Å². The van der Waals surface area contributed by atoms with Crippen molar-refractivity contribution in [1.82, 2.24) is 0 Å². The van der Waals surface area contributed by atoms with E-state index in [9.17, 15) is 9.59 Å². The Kier molecular flexibility index (Phi) is 3.47. The molecule has 0 aliphatic heterocycles. The van der Waals surface area contributed by atoms with Crippen LogP contribution in [0.2, 0.25) is 0 Å². The maximum absolute atomic E-state index is 11.4. The molecule has 0 aliphatic carbocycles. The number of hydrogen-bond donors (Lipinski definition) is 3. The van der Waals surface area contributed by atoms with Crippen molar-refractivity contribution >= 4 is 17.6 Å². The third-order valence-electron chi connectivity index (χ3n) is 2.12. The van der Waals surface area contributed by atoms with Crippen LogP contribution in [0.4, 0.5) is 5.69 Å². The average molecular weight is 224 g/mol. The van der Waals surface area contributed by atoms with E-state index in [1.165, 1.54) is 25.3 Å². The summed E-state index contributed by atoms with van der Waals surface area (Å²) in [5.74, 6) is -1.94. The third kappa shape index (κ3) is 2.12. The van der Waals surface area contributed by atoms with E-state index < -0.39 is 18.0 Å². The second-order valence-corrected chi connectivity index (χ2v) is 3.12. The molecular formula is C10H12N2O4. The molecule has 0 amide bonds. The van der Waals surface area contributed by atoms with Crippen molar-refractivity contribution in [2.45, 2.75) is 6.04 Å². The molecule has 0 aliphatic rings. The van der Waals surface area contributed by atoms with Crippen LogP contribution in [0.25, 0.3) is 0 Å². The Morgan fingerprint density at radius 2 is 2.06 bits per heavy atom. The summed E-state index contributed by atoms with van der Waals surface area (Å²) < 4.78 is 4.52. The molecule has 5 N–H and O–H groups in total. The molecule has 0 fully saturated rings. The topological polar surface area (TPSA) is 116 Å². The predicted molar refractivity (Wildman–Crippen MR) is 56.8 cm³/mol. The number of carbonyl (C=O) groups excluding carboxylic acids is 1. The fourth-order valence-corrected chi connectivity index (χ4v) is 1.32. The first kappa shape index (κ1) is 12.0. The molecule has 0 bridgehead atoms. The van der Waals surface area contributed by atoms with Gasteiger partial charge in [-0.3, -0.25) is 4.79 Å². The Morgan fingerprint density at radius 3 is 2.56 bits per heavy atom. The van der Waals surface area contributed by atoms with Crippen LogP contribution in [0.3, 0.4) is 0 Å². The summed E-state index contributed by atoms with van der Waals surface area (Å²) in [5.41, 5.74) is 11.3. The van der Waals surface area contributed by atoms with Crippen molar-refractivity contribution in [3.63, 3.8) is 0 Å². The monoisotopic (exact) mass is 224 g/mol. The van der Waals surface area contributed by atoms with Crippen LogP contribution < -0.4 is 11.5 Å². The minimum absolute atomic E-state index is 0.0000926. The number of esters is 1. The number of rotatable bonds is 3. The van der Waals surface area contributed by atoms with Crippen molar-refractivity contribution in [1.29, 1.82) is 0 Å². The Hall–Kier alpha value is -2.08. The Labute approximate surface area is 91.8 Å². The lowest BCUT2D eigenvalue weighted by molar-refractivity contribution is -0.138. The number of carbonyl (C=O) groups is 2. The van der Waals surface area contributed by atoms with Crippen LogP contribution >= 0.6 is 0 Å². The quantitative estimate of drug-likeness (QED) is 0.496. The van der Waals surface area contributed by atoms with E-state index in [1.54, 1.807) is 0 Å². The molecule has 0 radical (unpaired) electrons. The van der Waals surface area contributed by atoms with E-state index in [0.29, 0.717) is 0 Å². The first-order valence-corrected chi connectivity index (χ1v) is 4.44. The maximum atomic E-state index is 11.4. The van der Waals surface area contributed by atoms with Gasteiger partial charge in [-0.2, -0.15) is 0 Å². The highest BCUT2D eigenvalue weighted by atomic mass is 16.5. The minimum Gasteiger partial charge on any atom is -0.480 e. The fraction of sp³-hybridized carbons (Fsp3) is 0.200.